The SMILES string of the molecule is O=C(O)COc1ccc(-c2cc(Cl)cc(F)c2NS(=O)(=O)c2cccnc2)cc1. The molecule has 1 heterocycles. The molecule has 1 aromatic heterocycles. The molecule has 0 aliphatic rings. The fourth-order valence-corrected chi connectivity index (χ4v) is 3.74. The van der Waals surface area contributed by atoms with Gasteiger partial charge >= 0.3 is 5.97 Å². The largest absolute Gasteiger partial charge is 0.482 e. The van der Waals surface area contributed by atoms with Crippen molar-refractivity contribution in [2.45, 2.75) is 4.90 Å². The molecule has 0 radical (unpaired) electrons. The van der Waals surface area contributed by atoms with E-state index >= 15 is 0 Å². The molecule has 0 bridgehead atoms. The molecular formula is C19H14ClFN2O5S. The summed E-state index contributed by atoms with van der Waals surface area (Å²) in [6.07, 6.45) is 2.56. The number of aliphatic carboxylic acids is 1. The summed E-state index contributed by atoms with van der Waals surface area (Å²) >= 11 is 5.96. The van der Waals surface area contributed by atoms with Gasteiger partial charge in [0, 0.05) is 23.0 Å². The minimum absolute atomic E-state index is 0.0769. The lowest BCUT2D eigenvalue weighted by Crippen LogP contribution is -2.15. The van der Waals surface area contributed by atoms with Crippen molar-refractivity contribution in [1.82, 2.24) is 4.98 Å². The number of aromatic nitrogens is 1. The normalized spacial score (nSPS) is 11.1. The molecule has 2 N–H and O–H groups in total. The molecule has 7 nitrogen and oxygen atoms in total. The number of carboxylic acid groups (broad SMARTS) is 1. The molecule has 0 fully saturated rings. The van der Waals surface area contributed by atoms with Crippen LogP contribution in [0.2, 0.25) is 5.02 Å². The van der Waals surface area contributed by atoms with Crippen molar-refractivity contribution in [1.29, 1.82) is 0 Å². The highest BCUT2D eigenvalue weighted by atomic mass is 35.5. The summed E-state index contributed by atoms with van der Waals surface area (Å²) in [6.45, 7) is -0.513. The summed E-state index contributed by atoms with van der Waals surface area (Å²) in [4.78, 5) is 14.2. The van der Waals surface area contributed by atoms with Crippen molar-refractivity contribution in [3.63, 3.8) is 0 Å². The van der Waals surface area contributed by atoms with E-state index in [1.807, 2.05) is 0 Å². The number of nitrogens with zero attached hydrogens (tertiary/aromatic N) is 1. The Morgan fingerprint density at radius 3 is 2.55 bits per heavy atom. The Bertz CT molecular complexity index is 1140. The summed E-state index contributed by atoms with van der Waals surface area (Å²) in [7, 11) is -4.09. The van der Waals surface area contributed by atoms with Crippen LogP contribution in [0.5, 0.6) is 5.75 Å². The highest BCUT2D eigenvalue weighted by Gasteiger charge is 2.20. The molecule has 0 unspecified atom stereocenters. The molecule has 10 heteroatoms. The molecule has 0 amide bonds. The number of anilines is 1. The number of hydrogen-bond acceptors (Lipinski definition) is 5. The first-order chi connectivity index (χ1) is 13.8. The monoisotopic (exact) mass is 436 g/mol. The molecule has 0 spiro atoms. The molecule has 0 aliphatic carbocycles. The molecule has 0 saturated carbocycles. The van der Waals surface area contributed by atoms with Crippen LogP contribution in [0.4, 0.5) is 10.1 Å². The number of rotatable bonds is 7. The van der Waals surface area contributed by atoms with Gasteiger partial charge in [0.25, 0.3) is 10.0 Å². The number of hydrogen-bond donors (Lipinski definition) is 2. The van der Waals surface area contributed by atoms with Crippen LogP contribution < -0.4 is 9.46 Å². The second-order valence-electron chi connectivity index (χ2n) is 5.81. The number of halogens is 2. The van der Waals surface area contributed by atoms with E-state index in [0.29, 0.717) is 5.56 Å². The highest BCUT2D eigenvalue weighted by Crippen LogP contribution is 2.35. The van der Waals surface area contributed by atoms with Crippen LogP contribution in [0.15, 0.2) is 65.8 Å². The Hall–Kier alpha value is -3.17. The minimum Gasteiger partial charge on any atom is -0.482 e. The van der Waals surface area contributed by atoms with Crippen molar-refractivity contribution in [3.05, 3.63) is 71.8 Å². The van der Waals surface area contributed by atoms with Gasteiger partial charge in [-0.25, -0.2) is 17.6 Å². The summed E-state index contributed by atoms with van der Waals surface area (Å²) in [5, 5.41) is 8.73. The number of carboxylic acids is 1. The third-order valence-electron chi connectivity index (χ3n) is 3.76. The number of nitrogens with one attached hydrogen (secondary N) is 1. The summed E-state index contributed by atoms with van der Waals surface area (Å²) < 4.78 is 47.1. The van der Waals surface area contributed by atoms with Crippen LogP contribution in [-0.2, 0) is 14.8 Å². The van der Waals surface area contributed by atoms with Gasteiger partial charge in [0.1, 0.15) is 16.5 Å². The van der Waals surface area contributed by atoms with E-state index in [0.717, 1.165) is 12.3 Å². The maximum Gasteiger partial charge on any atom is 0.341 e. The van der Waals surface area contributed by atoms with Gasteiger partial charge in [0.05, 0.1) is 5.69 Å². The number of ether oxygens (including phenoxy) is 1. The van der Waals surface area contributed by atoms with Gasteiger partial charge in [-0.15, -0.1) is 0 Å². The Morgan fingerprint density at radius 2 is 1.93 bits per heavy atom. The lowest BCUT2D eigenvalue weighted by atomic mass is 10.0. The van der Waals surface area contributed by atoms with Crippen LogP contribution in [0, 0.1) is 5.82 Å². The molecule has 0 atom stereocenters. The second kappa shape index (κ2) is 8.46. The van der Waals surface area contributed by atoms with Gasteiger partial charge in [-0.05, 0) is 42.0 Å². The summed E-state index contributed by atoms with van der Waals surface area (Å²) in [5.74, 6) is -1.69. The molecule has 3 rings (SSSR count). The van der Waals surface area contributed by atoms with Crippen molar-refractivity contribution in [2.75, 3.05) is 11.3 Å². The molecule has 0 saturated heterocycles. The number of carbonyl (C=O) groups is 1. The van der Waals surface area contributed by atoms with Crippen LogP contribution in [0.25, 0.3) is 11.1 Å². The smallest absolute Gasteiger partial charge is 0.341 e. The maximum absolute atomic E-state index is 14.6. The average Bonchev–Trinajstić information content (AvgIpc) is 2.69. The van der Waals surface area contributed by atoms with Crippen molar-refractivity contribution in [2.24, 2.45) is 0 Å². The zero-order chi connectivity index (χ0) is 21.0. The fraction of sp³-hybridized carbons (Fsp3) is 0.0526. The van der Waals surface area contributed by atoms with Gasteiger partial charge < -0.3 is 9.84 Å². The van der Waals surface area contributed by atoms with E-state index in [4.69, 9.17) is 21.4 Å². The van der Waals surface area contributed by atoms with E-state index in [1.54, 1.807) is 0 Å². The Labute approximate surface area is 170 Å². The number of pyridine rings is 1. The van der Waals surface area contributed by atoms with Gasteiger partial charge in [0.2, 0.25) is 0 Å². The van der Waals surface area contributed by atoms with Crippen LogP contribution in [-0.4, -0.2) is 31.1 Å². The van der Waals surface area contributed by atoms with Crippen LogP contribution in [0.3, 0.4) is 0 Å². The molecular weight excluding hydrogens is 423 g/mol. The zero-order valence-corrected chi connectivity index (χ0v) is 16.2. The molecule has 3 aromatic rings. The maximum atomic E-state index is 14.6. The van der Waals surface area contributed by atoms with Crippen LogP contribution >= 0.6 is 11.6 Å². The van der Waals surface area contributed by atoms with Crippen LogP contribution in [0.1, 0.15) is 0 Å². The predicted molar refractivity (Wildman–Crippen MR) is 105 cm³/mol. The van der Waals surface area contributed by atoms with E-state index in [1.165, 1.54) is 48.7 Å². The average molecular weight is 437 g/mol. The van der Waals surface area contributed by atoms with E-state index < -0.39 is 28.4 Å². The third-order valence-corrected chi connectivity index (χ3v) is 5.32. The first-order valence-electron chi connectivity index (χ1n) is 8.13. The van der Waals surface area contributed by atoms with E-state index in [-0.39, 0.29) is 26.9 Å². The van der Waals surface area contributed by atoms with Crippen molar-refractivity contribution >= 4 is 33.3 Å². The molecule has 29 heavy (non-hydrogen) atoms. The van der Waals surface area contributed by atoms with E-state index in [2.05, 4.69) is 9.71 Å². The van der Waals surface area contributed by atoms with Crippen molar-refractivity contribution < 1.29 is 27.4 Å². The summed E-state index contributed by atoms with van der Waals surface area (Å²) in [5.41, 5.74) is 0.364. The van der Waals surface area contributed by atoms with Gasteiger partial charge in [-0.3, -0.25) is 9.71 Å². The molecule has 150 valence electrons. The Balaban J connectivity index is 1.99. The number of sulfonamides is 1. The minimum atomic E-state index is -4.09. The van der Waals surface area contributed by atoms with Crippen molar-refractivity contribution in [3.8, 4) is 16.9 Å². The molecule has 0 aliphatic heterocycles. The third kappa shape index (κ3) is 5.01. The van der Waals surface area contributed by atoms with E-state index in [9.17, 15) is 17.6 Å². The lowest BCUT2D eigenvalue weighted by molar-refractivity contribution is -0.139. The summed E-state index contributed by atoms with van der Waals surface area (Å²) in [6, 6.07) is 11.2. The lowest BCUT2D eigenvalue weighted by Gasteiger charge is -2.15. The van der Waals surface area contributed by atoms with Gasteiger partial charge in [0.15, 0.2) is 6.61 Å². The quantitative estimate of drug-likeness (QED) is 0.583. The Morgan fingerprint density at radius 1 is 1.21 bits per heavy atom. The standard InChI is InChI=1S/C19H14ClFN2O5S/c20-13-8-16(12-3-5-14(6-4-12)28-11-18(24)25)19(17(21)9-13)23-29(26,27)15-2-1-7-22-10-15/h1-10,23H,11H2,(H,24,25). The second-order valence-corrected chi connectivity index (χ2v) is 7.93. The van der Waals surface area contributed by atoms with Gasteiger partial charge in [-0.1, -0.05) is 23.7 Å². The zero-order valence-electron chi connectivity index (χ0n) is 14.7. The highest BCUT2D eigenvalue weighted by molar-refractivity contribution is 7.92. The fourth-order valence-electron chi connectivity index (χ4n) is 2.48. The van der Waals surface area contributed by atoms with Gasteiger partial charge in [-0.2, -0.15) is 0 Å². The first kappa shape index (κ1) is 20.6. The first-order valence-corrected chi connectivity index (χ1v) is 9.99. The Kier molecular flexibility index (Phi) is 6.00. The molecule has 2 aromatic carbocycles. The predicted octanol–water partition coefficient (Wildman–Crippen LogP) is 3.81. The topological polar surface area (TPSA) is 106 Å². The number of benzene rings is 2.